The van der Waals surface area contributed by atoms with Crippen LogP contribution in [-0.4, -0.2) is 51.8 Å². The van der Waals surface area contributed by atoms with Gasteiger partial charge in [0.2, 0.25) is 5.91 Å². The molecule has 0 saturated carbocycles. The molecule has 1 fully saturated rings. The minimum absolute atomic E-state index is 0.0166. The standard InChI is InChI=1S/C19H18N4O3/c24-17-10-26-9-14(17)8-23-16-4-13(6-21-15(16)5-18(23)25)12-3-11-1-2-20-19(11)22-7-12/h1-4,6-7,14,17,24H,5,8-10H2,(H,20,22)/t14-,17+/m1/s1. The third kappa shape index (κ3) is 2.48. The first-order valence-electron chi connectivity index (χ1n) is 8.67. The highest BCUT2D eigenvalue weighted by atomic mass is 16.5. The molecule has 0 bridgehead atoms. The summed E-state index contributed by atoms with van der Waals surface area (Å²) < 4.78 is 5.31. The lowest BCUT2D eigenvalue weighted by Gasteiger charge is -2.22. The van der Waals surface area contributed by atoms with Gasteiger partial charge in [-0.15, -0.1) is 0 Å². The van der Waals surface area contributed by atoms with Crippen LogP contribution < -0.4 is 4.90 Å². The van der Waals surface area contributed by atoms with Crippen molar-refractivity contribution in [1.29, 1.82) is 0 Å². The molecule has 0 spiro atoms. The molecule has 1 saturated heterocycles. The minimum Gasteiger partial charge on any atom is -0.390 e. The van der Waals surface area contributed by atoms with E-state index in [2.05, 4.69) is 21.0 Å². The molecule has 2 aliphatic heterocycles. The van der Waals surface area contributed by atoms with Crippen molar-refractivity contribution in [3.8, 4) is 11.1 Å². The Bertz CT molecular complexity index is 999. The van der Waals surface area contributed by atoms with Crippen molar-refractivity contribution in [2.75, 3.05) is 24.7 Å². The minimum atomic E-state index is -0.525. The van der Waals surface area contributed by atoms with E-state index in [9.17, 15) is 9.90 Å². The maximum atomic E-state index is 12.5. The van der Waals surface area contributed by atoms with Crippen molar-refractivity contribution in [2.45, 2.75) is 12.5 Å². The number of aromatic amines is 1. The summed E-state index contributed by atoms with van der Waals surface area (Å²) in [5, 5.41) is 11.0. The topological polar surface area (TPSA) is 91.3 Å². The Kier molecular flexibility index (Phi) is 3.51. The lowest BCUT2D eigenvalue weighted by Crippen LogP contribution is -2.36. The summed E-state index contributed by atoms with van der Waals surface area (Å²) in [7, 11) is 0. The molecule has 0 radical (unpaired) electrons. The van der Waals surface area contributed by atoms with Gasteiger partial charge in [0.25, 0.3) is 0 Å². The maximum Gasteiger partial charge on any atom is 0.233 e. The third-order valence-electron chi connectivity index (χ3n) is 5.17. The van der Waals surface area contributed by atoms with Gasteiger partial charge < -0.3 is 19.7 Å². The maximum absolute atomic E-state index is 12.5. The Morgan fingerprint density at radius 2 is 2.08 bits per heavy atom. The zero-order valence-electron chi connectivity index (χ0n) is 14.1. The molecule has 26 heavy (non-hydrogen) atoms. The number of hydrogen-bond acceptors (Lipinski definition) is 5. The molecule has 1 amide bonds. The number of carbonyl (C=O) groups is 1. The molecule has 5 heterocycles. The molecule has 7 nitrogen and oxygen atoms in total. The molecule has 2 N–H and O–H groups in total. The van der Waals surface area contributed by atoms with E-state index in [1.165, 1.54) is 0 Å². The van der Waals surface area contributed by atoms with Gasteiger partial charge in [0, 0.05) is 47.6 Å². The number of nitrogens with one attached hydrogen (secondary N) is 1. The van der Waals surface area contributed by atoms with Crippen LogP contribution in [0.1, 0.15) is 5.69 Å². The van der Waals surface area contributed by atoms with E-state index in [0.29, 0.717) is 26.2 Å². The van der Waals surface area contributed by atoms with Crippen LogP contribution in [0.5, 0.6) is 0 Å². The van der Waals surface area contributed by atoms with E-state index in [1.54, 1.807) is 17.3 Å². The lowest BCUT2D eigenvalue weighted by molar-refractivity contribution is -0.117. The molecule has 2 aliphatic rings. The van der Waals surface area contributed by atoms with Crippen molar-refractivity contribution < 1.29 is 14.6 Å². The van der Waals surface area contributed by atoms with Crippen LogP contribution in [-0.2, 0) is 16.0 Å². The molecule has 0 aromatic carbocycles. The fourth-order valence-corrected chi connectivity index (χ4v) is 3.68. The van der Waals surface area contributed by atoms with E-state index in [4.69, 9.17) is 4.74 Å². The smallest absolute Gasteiger partial charge is 0.233 e. The van der Waals surface area contributed by atoms with Crippen molar-refractivity contribution in [2.24, 2.45) is 5.92 Å². The predicted octanol–water partition coefficient (Wildman–Crippen LogP) is 1.52. The number of aliphatic hydroxyl groups excluding tert-OH is 1. The number of H-pyrrole nitrogens is 1. The van der Waals surface area contributed by atoms with Crippen molar-refractivity contribution in [3.63, 3.8) is 0 Å². The van der Waals surface area contributed by atoms with E-state index in [1.807, 2.05) is 18.3 Å². The van der Waals surface area contributed by atoms with Crippen LogP contribution in [0.2, 0.25) is 0 Å². The number of amides is 1. The zero-order valence-corrected chi connectivity index (χ0v) is 14.1. The number of aliphatic hydroxyl groups is 1. The summed E-state index contributed by atoms with van der Waals surface area (Å²) >= 11 is 0. The SMILES string of the molecule is O=C1Cc2ncc(-c3cnc4[nH]ccc4c3)cc2N1C[C@@H]1COC[C@@H]1O. The van der Waals surface area contributed by atoms with Crippen LogP contribution in [0.25, 0.3) is 22.2 Å². The van der Waals surface area contributed by atoms with Gasteiger partial charge in [-0.25, -0.2) is 4.98 Å². The Morgan fingerprint density at radius 3 is 2.92 bits per heavy atom. The average molecular weight is 350 g/mol. The van der Waals surface area contributed by atoms with E-state index >= 15 is 0 Å². The number of carbonyl (C=O) groups excluding carboxylic acids is 1. The number of hydrogen-bond donors (Lipinski definition) is 2. The van der Waals surface area contributed by atoms with Gasteiger partial charge in [-0.2, -0.15) is 0 Å². The van der Waals surface area contributed by atoms with E-state index < -0.39 is 6.10 Å². The number of ether oxygens (including phenoxy) is 1. The highest BCUT2D eigenvalue weighted by Gasteiger charge is 2.35. The highest BCUT2D eigenvalue weighted by molar-refractivity contribution is 6.01. The van der Waals surface area contributed by atoms with Crippen LogP contribution >= 0.6 is 0 Å². The summed E-state index contributed by atoms with van der Waals surface area (Å²) in [5.41, 5.74) is 4.32. The Morgan fingerprint density at radius 1 is 1.23 bits per heavy atom. The van der Waals surface area contributed by atoms with Gasteiger partial charge in [0.1, 0.15) is 5.65 Å². The number of aromatic nitrogens is 3. The predicted molar refractivity (Wildman–Crippen MR) is 95.7 cm³/mol. The molecule has 0 aliphatic carbocycles. The fraction of sp³-hybridized carbons (Fsp3) is 0.316. The van der Waals surface area contributed by atoms with Gasteiger partial charge in [0.15, 0.2) is 0 Å². The molecule has 7 heteroatoms. The molecule has 2 atom stereocenters. The first kappa shape index (κ1) is 15.5. The molecule has 5 rings (SSSR count). The average Bonchev–Trinajstić information content (AvgIpc) is 3.34. The normalized spacial score (nSPS) is 22.3. The van der Waals surface area contributed by atoms with E-state index in [0.717, 1.165) is 33.5 Å². The first-order chi connectivity index (χ1) is 12.7. The fourth-order valence-electron chi connectivity index (χ4n) is 3.68. The third-order valence-corrected chi connectivity index (χ3v) is 5.17. The molecule has 0 unspecified atom stereocenters. The molecule has 3 aromatic rings. The van der Waals surface area contributed by atoms with E-state index in [-0.39, 0.29) is 11.8 Å². The Hall–Kier alpha value is -2.77. The second-order valence-corrected chi connectivity index (χ2v) is 6.88. The largest absolute Gasteiger partial charge is 0.390 e. The summed E-state index contributed by atoms with van der Waals surface area (Å²) in [6.45, 7) is 1.26. The van der Waals surface area contributed by atoms with Crippen LogP contribution in [0, 0.1) is 5.92 Å². The summed E-state index contributed by atoms with van der Waals surface area (Å²) in [5.74, 6) is -0.0469. The Balaban J connectivity index is 1.50. The summed E-state index contributed by atoms with van der Waals surface area (Å²) in [4.78, 5) is 26.2. The number of rotatable bonds is 3. The molecular formula is C19H18N4O3. The zero-order chi connectivity index (χ0) is 17.7. The second-order valence-electron chi connectivity index (χ2n) is 6.88. The highest BCUT2D eigenvalue weighted by Crippen LogP contribution is 2.33. The van der Waals surface area contributed by atoms with Gasteiger partial charge in [-0.3, -0.25) is 9.78 Å². The summed E-state index contributed by atoms with van der Waals surface area (Å²) in [6, 6.07) is 6.02. The van der Waals surface area contributed by atoms with Crippen LogP contribution in [0.15, 0.2) is 36.8 Å². The Labute approximate surface area is 149 Å². The van der Waals surface area contributed by atoms with Crippen molar-refractivity contribution >= 4 is 22.6 Å². The molecule has 3 aromatic heterocycles. The number of fused-ring (bicyclic) bond motifs is 2. The molecular weight excluding hydrogens is 332 g/mol. The van der Waals surface area contributed by atoms with Crippen molar-refractivity contribution in [3.05, 3.63) is 42.5 Å². The number of nitrogens with zero attached hydrogens (tertiary/aromatic N) is 3. The number of pyridine rings is 2. The monoisotopic (exact) mass is 350 g/mol. The van der Waals surface area contributed by atoms with Gasteiger partial charge in [-0.1, -0.05) is 0 Å². The van der Waals surface area contributed by atoms with Crippen LogP contribution in [0.3, 0.4) is 0 Å². The quantitative estimate of drug-likeness (QED) is 0.747. The summed E-state index contributed by atoms with van der Waals surface area (Å²) in [6.07, 6.45) is 5.23. The van der Waals surface area contributed by atoms with Crippen LogP contribution in [0.4, 0.5) is 5.69 Å². The van der Waals surface area contributed by atoms with Gasteiger partial charge in [-0.05, 0) is 18.2 Å². The molecule has 132 valence electrons. The second kappa shape index (κ2) is 5.89. The van der Waals surface area contributed by atoms with Gasteiger partial charge >= 0.3 is 0 Å². The number of anilines is 1. The van der Waals surface area contributed by atoms with Gasteiger partial charge in [0.05, 0.1) is 37.1 Å². The first-order valence-corrected chi connectivity index (χ1v) is 8.67. The van der Waals surface area contributed by atoms with Crippen molar-refractivity contribution in [1.82, 2.24) is 15.0 Å². The lowest BCUT2D eigenvalue weighted by atomic mass is 10.1.